The Morgan fingerprint density at radius 2 is 1.55 bits per heavy atom. The van der Waals surface area contributed by atoms with Crippen LogP contribution in [0.2, 0.25) is 0 Å². The third kappa shape index (κ3) is 7.66. The summed E-state index contributed by atoms with van der Waals surface area (Å²) < 4.78 is 2.11. The van der Waals surface area contributed by atoms with Crippen molar-refractivity contribution in [1.82, 2.24) is 15.0 Å². The lowest BCUT2D eigenvalue weighted by molar-refractivity contribution is 0.472. The number of hydrogen-bond acceptors (Lipinski definition) is 2. The maximum Gasteiger partial charge on any atom is 0.0725 e. The first kappa shape index (κ1) is 17.2. The van der Waals surface area contributed by atoms with Gasteiger partial charge in [-0.05, 0) is 31.1 Å². The van der Waals surface area contributed by atoms with Crippen LogP contribution >= 0.6 is 0 Å². The lowest BCUT2D eigenvalue weighted by Crippen LogP contribution is -2.06. The summed E-state index contributed by atoms with van der Waals surface area (Å²) in [6.45, 7) is 10.2. The molecule has 0 aromatic carbocycles. The summed E-state index contributed by atoms with van der Waals surface area (Å²) >= 11 is 0. The van der Waals surface area contributed by atoms with Gasteiger partial charge in [0.05, 0.1) is 11.9 Å². The molecule has 116 valence electrons. The van der Waals surface area contributed by atoms with Gasteiger partial charge in [-0.1, -0.05) is 65.0 Å². The molecule has 0 aliphatic heterocycles. The Morgan fingerprint density at radius 3 is 2.20 bits per heavy atom. The van der Waals surface area contributed by atoms with Crippen molar-refractivity contribution in [2.75, 3.05) is 0 Å². The lowest BCUT2D eigenvalue weighted by Gasteiger charge is -2.08. The highest BCUT2D eigenvalue weighted by molar-refractivity contribution is 4.93. The zero-order valence-electron chi connectivity index (χ0n) is 13.9. The quantitative estimate of drug-likeness (QED) is 0.541. The Balaban J connectivity index is 2.18. The van der Waals surface area contributed by atoms with Crippen LogP contribution in [-0.2, 0) is 13.0 Å². The summed E-state index contributed by atoms with van der Waals surface area (Å²) in [6.07, 6.45) is 12.2. The number of aromatic nitrogens is 3. The molecule has 0 aliphatic carbocycles. The molecule has 0 bridgehead atoms. The molecule has 0 atom stereocenters. The van der Waals surface area contributed by atoms with Crippen LogP contribution in [0, 0.1) is 11.8 Å². The third-order valence-corrected chi connectivity index (χ3v) is 3.81. The highest BCUT2D eigenvalue weighted by atomic mass is 15.4. The molecule has 3 nitrogen and oxygen atoms in total. The molecule has 0 saturated carbocycles. The molecule has 3 heteroatoms. The second kappa shape index (κ2) is 9.95. The standard InChI is InChI=1S/C17H33N3/c1-15(2)10-6-5-7-12-17-14-18-19-20(17)13-9-8-11-16(3)4/h14-16H,5-13H2,1-4H3. The first-order chi connectivity index (χ1) is 9.59. The van der Waals surface area contributed by atoms with E-state index in [2.05, 4.69) is 42.7 Å². The van der Waals surface area contributed by atoms with Gasteiger partial charge in [0, 0.05) is 6.54 Å². The van der Waals surface area contributed by atoms with Crippen molar-refractivity contribution < 1.29 is 0 Å². The summed E-state index contributed by atoms with van der Waals surface area (Å²) in [6, 6.07) is 0. The molecule has 0 amide bonds. The molecule has 1 aromatic heterocycles. The molecule has 0 radical (unpaired) electrons. The van der Waals surface area contributed by atoms with E-state index in [0.29, 0.717) is 0 Å². The topological polar surface area (TPSA) is 30.7 Å². The minimum absolute atomic E-state index is 0.811. The average molecular weight is 279 g/mol. The molecule has 20 heavy (non-hydrogen) atoms. The molecule has 0 aliphatic rings. The second-order valence-electron chi connectivity index (χ2n) is 6.83. The van der Waals surface area contributed by atoms with Crippen LogP contribution in [-0.4, -0.2) is 15.0 Å². The van der Waals surface area contributed by atoms with E-state index in [0.717, 1.165) is 24.8 Å². The van der Waals surface area contributed by atoms with Gasteiger partial charge in [-0.25, -0.2) is 4.68 Å². The van der Waals surface area contributed by atoms with Gasteiger partial charge in [-0.3, -0.25) is 0 Å². The SMILES string of the molecule is CC(C)CCCCCc1cnnn1CCCCC(C)C. The van der Waals surface area contributed by atoms with E-state index in [9.17, 15) is 0 Å². The second-order valence-corrected chi connectivity index (χ2v) is 6.83. The minimum atomic E-state index is 0.811. The lowest BCUT2D eigenvalue weighted by atomic mass is 10.0. The van der Waals surface area contributed by atoms with E-state index < -0.39 is 0 Å². The summed E-state index contributed by atoms with van der Waals surface area (Å²) in [5, 5.41) is 8.30. The van der Waals surface area contributed by atoms with Crippen molar-refractivity contribution in [3.63, 3.8) is 0 Å². The molecule has 0 spiro atoms. The Labute approximate surface area is 125 Å². The smallest absolute Gasteiger partial charge is 0.0725 e. The minimum Gasteiger partial charge on any atom is -0.249 e. The van der Waals surface area contributed by atoms with E-state index in [1.807, 2.05) is 6.20 Å². The van der Waals surface area contributed by atoms with Gasteiger partial charge < -0.3 is 0 Å². The van der Waals surface area contributed by atoms with Crippen LogP contribution < -0.4 is 0 Å². The van der Waals surface area contributed by atoms with Gasteiger partial charge in [0.2, 0.25) is 0 Å². The average Bonchev–Trinajstić information content (AvgIpc) is 2.81. The van der Waals surface area contributed by atoms with Crippen LogP contribution in [0.1, 0.15) is 78.3 Å². The highest BCUT2D eigenvalue weighted by Gasteiger charge is 2.04. The maximum atomic E-state index is 4.23. The van der Waals surface area contributed by atoms with Crippen molar-refractivity contribution in [3.8, 4) is 0 Å². The molecule has 1 aromatic rings. The Kier molecular flexibility index (Phi) is 8.56. The largest absolute Gasteiger partial charge is 0.249 e. The van der Waals surface area contributed by atoms with E-state index in [1.54, 1.807) is 0 Å². The van der Waals surface area contributed by atoms with Crippen molar-refractivity contribution >= 4 is 0 Å². The molecule has 1 heterocycles. The van der Waals surface area contributed by atoms with E-state index in [1.165, 1.54) is 50.6 Å². The zero-order chi connectivity index (χ0) is 14.8. The van der Waals surface area contributed by atoms with Crippen LogP contribution in [0.25, 0.3) is 0 Å². The Morgan fingerprint density at radius 1 is 0.900 bits per heavy atom. The van der Waals surface area contributed by atoms with Crippen molar-refractivity contribution in [2.45, 2.75) is 85.6 Å². The number of rotatable bonds is 11. The molecular weight excluding hydrogens is 246 g/mol. The summed E-state index contributed by atoms with van der Waals surface area (Å²) in [7, 11) is 0. The van der Waals surface area contributed by atoms with Gasteiger partial charge in [0.15, 0.2) is 0 Å². The van der Waals surface area contributed by atoms with E-state index >= 15 is 0 Å². The fourth-order valence-corrected chi connectivity index (χ4v) is 2.51. The fraction of sp³-hybridized carbons (Fsp3) is 0.882. The third-order valence-electron chi connectivity index (χ3n) is 3.81. The molecule has 0 N–H and O–H groups in total. The first-order valence-corrected chi connectivity index (χ1v) is 8.47. The molecule has 0 fully saturated rings. The van der Waals surface area contributed by atoms with Gasteiger partial charge in [0.1, 0.15) is 0 Å². The van der Waals surface area contributed by atoms with Crippen molar-refractivity contribution in [3.05, 3.63) is 11.9 Å². The fourth-order valence-electron chi connectivity index (χ4n) is 2.51. The first-order valence-electron chi connectivity index (χ1n) is 8.47. The normalized spacial score (nSPS) is 11.7. The summed E-state index contributed by atoms with van der Waals surface area (Å²) in [4.78, 5) is 0. The molecule has 0 unspecified atom stereocenters. The summed E-state index contributed by atoms with van der Waals surface area (Å²) in [5.41, 5.74) is 1.32. The Bertz CT molecular complexity index is 342. The predicted molar refractivity (Wildman–Crippen MR) is 85.7 cm³/mol. The number of hydrogen-bond donors (Lipinski definition) is 0. The van der Waals surface area contributed by atoms with E-state index in [-0.39, 0.29) is 0 Å². The van der Waals surface area contributed by atoms with Crippen LogP contribution in [0.5, 0.6) is 0 Å². The monoisotopic (exact) mass is 279 g/mol. The van der Waals surface area contributed by atoms with Gasteiger partial charge in [-0.15, -0.1) is 5.10 Å². The number of aryl methyl sites for hydroxylation is 2. The zero-order valence-corrected chi connectivity index (χ0v) is 13.9. The van der Waals surface area contributed by atoms with E-state index in [4.69, 9.17) is 0 Å². The summed E-state index contributed by atoms with van der Waals surface area (Å²) in [5.74, 6) is 1.65. The molecule has 0 saturated heterocycles. The molecular formula is C17H33N3. The number of unbranched alkanes of at least 4 members (excludes halogenated alkanes) is 3. The maximum absolute atomic E-state index is 4.23. The Hall–Kier alpha value is -0.860. The van der Waals surface area contributed by atoms with Gasteiger partial charge in [0.25, 0.3) is 0 Å². The predicted octanol–water partition coefficient (Wildman–Crippen LogP) is 4.86. The van der Waals surface area contributed by atoms with Crippen LogP contribution in [0.4, 0.5) is 0 Å². The van der Waals surface area contributed by atoms with Crippen LogP contribution in [0.3, 0.4) is 0 Å². The highest BCUT2D eigenvalue weighted by Crippen LogP contribution is 2.12. The number of nitrogens with zero attached hydrogens (tertiary/aromatic N) is 3. The van der Waals surface area contributed by atoms with Gasteiger partial charge >= 0.3 is 0 Å². The molecule has 1 rings (SSSR count). The van der Waals surface area contributed by atoms with Crippen LogP contribution in [0.15, 0.2) is 6.20 Å². The van der Waals surface area contributed by atoms with Crippen molar-refractivity contribution in [2.24, 2.45) is 11.8 Å². The van der Waals surface area contributed by atoms with Crippen molar-refractivity contribution in [1.29, 1.82) is 0 Å². The van der Waals surface area contributed by atoms with Gasteiger partial charge in [-0.2, -0.15) is 0 Å².